The van der Waals surface area contributed by atoms with Crippen molar-refractivity contribution in [1.82, 2.24) is 10.2 Å². The van der Waals surface area contributed by atoms with Gasteiger partial charge in [0.25, 0.3) is 11.8 Å². The van der Waals surface area contributed by atoms with Crippen LogP contribution < -0.4 is 19.7 Å². The largest absolute Gasteiger partial charge is 0.493 e. The van der Waals surface area contributed by atoms with Crippen LogP contribution in [0.1, 0.15) is 51.7 Å². The van der Waals surface area contributed by atoms with E-state index in [1.807, 2.05) is 0 Å². The number of para-hydroxylation sites is 1. The van der Waals surface area contributed by atoms with E-state index < -0.39 is 6.17 Å². The number of methoxy groups -OCH3 is 2. The first-order chi connectivity index (χ1) is 17.0. The Balaban J connectivity index is 1.43. The number of rotatable bonds is 7. The molecule has 0 saturated carbocycles. The van der Waals surface area contributed by atoms with Crippen LogP contribution >= 0.6 is 0 Å². The third kappa shape index (κ3) is 3.99. The second kappa shape index (κ2) is 9.58. The number of benzene rings is 2. The number of hydrogen-bond donors (Lipinski definition) is 1. The predicted octanol–water partition coefficient (Wildman–Crippen LogP) is 2.75. The molecule has 3 heterocycles. The zero-order valence-corrected chi connectivity index (χ0v) is 19.9. The summed E-state index contributed by atoms with van der Waals surface area (Å²) in [4.78, 5) is 43.1. The van der Waals surface area contributed by atoms with Crippen LogP contribution in [0.3, 0.4) is 0 Å². The Morgan fingerprint density at radius 3 is 2.57 bits per heavy atom. The molecule has 5 rings (SSSR count). The average molecular weight is 480 g/mol. The second-order valence-corrected chi connectivity index (χ2v) is 8.94. The van der Waals surface area contributed by atoms with Gasteiger partial charge in [-0.05, 0) is 37.0 Å². The fraction of sp³-hybridized carbons (Fsp3) is 0.423. The molecule has 184 valence electrons. The van der Waals surface area contributed by atoms with Crippen molar-refractivity contribution in [2.24, 2.45) is 5.92 Å². The van der Waals surface area contributed by atoms with E-state index in [4.69, 9.17) is 14.2 Å². The lowest BCUT2D eigenvalue weighted by molar-refractivity contribution is -0.121. The van der Waals surface area contributed by atoms with Crippen molar-refractivity contribution in [3.63, 3.8) is 0 Å². The second-order valence-electron chi connectivity index (χ2n) is 8.94. The Bertz CT molecular complexity index is 1160. The first-order valence-corrected chi connectivity index (χ1v) is 11.9. The molecule has 1 saturated heterocycles. The Kier molecular flexibility index (Phi) is 6.34. The van der Waals surface area contributed by atoms with Crippen LogP contribution in [0, 0.1) is 5.92 Å². The van der Waals surface area contributed by atoms with Crippen LogP contribution in [0.2, 0.25) is 0 Å². The maximum atomic E-state index is 13.7. The molecular formula is C26H29N3O6. The van der Waals surface area contributed by atoms with Crippen LogP contribution in [0.5, 0.6) is 11.5 Å². The minimum atomic E-state index is -0.664. The molecule has 9 heteroatoms. The molecule has 0 aromatic heterocycles. The zero-order valence-electron chi connectivity index (χ0n) is 19.9. The van der Waals surface area contributed by atoms with Crippen molar-refractivity contribution in [3.8, 4) is 11.5 Å². The molecule has 0 spiro atoms. The summed E-state index contributed by atoms with van der Waals surface area (Å²) in [5.41, 5.74) is 2.00. The molecule has 0 aliphatic carbocycles. The number of anilines is 1. The average Bonchev–Trinajstić information content (AvgIpc) is 3.19. The Labute approximate surface area is 203 Å². The molecule has 1 fully saturated rings. The normalized spacial score (nSPS) is 19.2. The number of amides is 3. The monoisotopic (exact) mass is 479 g/mol. The first-order valence-electron chi connectivity index (χ1n) is 11.9. The summed E-state index contributed by atoms with van der Waals surface area (Å²) in [6.07, 6.45) is 1.34. The Morgan fingerprint density at radius 1 is 1.06 bits per heavy atom. The maximum absolute atomic E-state index is 13.7. The van der Waals surface area contributed by atoms with E-state index in [9.17, 15) is 14.4 Å². The van der Waals surface area contributed by atoms with Crippen LogP contribution in [-0.2, 0) is 9.53 Å². The number of carbonyl (C=O) groups is 3. The molecule has 2 aromatic carbocycles. The van der Waals surface area contributed by atoms with Crippen molar-refractivity contribution in [3.05, 3.63) is 53.1 Å². The van der Waals surface area contributed by atoms with Crippen molar-refractivity contribution >= 4 is 23.4 Å². The Morgan fingerprint density at radius 2 is 1.83 bits per heavy atom. The molecule has 3 aliphatic heterocycles. The number of nitrogens with one attached hydrogen (secondary N) is 1. The fourth-order valence-electron chi connectivity index (χ4n) is 5.17. The number of hydrogen-bond acceptors (Lipinski definition) is 6. The minimum absolute atomic E-state index is 0.119. The van der Waals surface area contributed by atoms with Gasteiger partial charge in [-0.2, -0.15) is 0 Å². The van der Waals surface area contributed by atoms with Gasteiger partial charge >= 0.3 is 0 Å². The van der Waals surface area contributed by atoms with Gasteiger partial charge in [-0.3, -0.25) is 19.3 Å². The molecule has 1 N–H and O–H groups in total. The highest BCUT2D eigenvalue weighted by Crippen LogP contribution is 2.49. The van der Waals surface area contributed by atoms with Crippen LogP contribution in [0.25, 0.3) is 0 Å². The van der Waals surface area contributed by atoms with Crippen LogP contribution in [0.15, 0.2) is 36.4 Å². The van der Waals surface area contributed by atoms with E-state index in [1.165, 1.54) is 14.2 Å². The molecule has 0 unspecified atom stereocenters. The molecule has 2 aromatic rings. The van der Waals surface area contributed by atoms with Gasteiger partial charge in [-0.15, -0.1) is 0 Å². The SMILES string of the molecule is COc1ccc2c(c1OC)C(=O)N1c3ccccc3C(=O)N(CCC(=O)NCC3CCOCC3)[C@H]21. The highest BCUT2D eigenvalue weighted by atomic mass is 16.5. The number of carbonyl (C=O) groups excluding carboxylic acids is 3. The summed E-state index contributed by atoms with van der Waals surface area (Å²) in [6, 6.07) is 10.6. The van der Waals surface area contributed by atoms with E-state index in [-0.39, 0.29) is 30.7 Å². The minimum Gasteiger partial charge on any atom is -0.493 e. The summed E-state index contributed by atoms with van der Waals surface area (Å²) in [7, 11) is 3.00. The van der Waals surface area contributed by atoms with Crippen LogP contribution in [-0.4, -0.2) is 63.1 Å². The molecule has 1 atom stereocenters. The summed E-state index contributed by atoms with van der Waals surface area (Å²) >= 11 is 0. The van der Waals surface area contributed by atoms with E-state index >= 15 is 0 Å². The number of nitrogens with zero attached hydrogens (tertiary/aromatic N) is 2. The first kappa shape index (κ1) is 23.2. The van der Waals surface area contributed by atoms with Gasteiger partial charge in [-0.1, -0.05) is 18.2 Å². The van der Waals surface area contributed by atoms with Gasteiger partial charge in [0.1, 0.15) is 6.17 Å². The number of fused-ring (bicyclic) bond motifs is 5. The lowest BCUT2D eigenvalue weighted by Gasteiger charge is -2.40. The zero-order chi connectivity index (χ0) is 24.5. The topological polar surface area (TPSA) is 97.4 Å². The standard InChI is InChI=1S/C26H29N3O6/c1-33-20-8-7-18-22(23(20)34-2)26(32)29-19-6-4-3-5-17(19)25(31)28(24(18)29)12-9-21(30)27-15-16-10-13-35-14-11-16/h3-8,16,24H,9-15H2,1-2H3,(H,27,30)/t24-/m0/s1. The quantitative estimate of drug-likeness (QED) is 0.656. The smallest absolute Gasteiger partial charge is 0.264 e. The van der Waals surface area contributed by atoms with Gasteiger partial charge in [0.15, 0.2) is 11.5 Å². The van der Waals surface area contributed by atoms with Gasteiger partial charge in [0.2, 0.25) is 5.91 Å². The van der Waals surface area contributed by atoms with E-state index in [1.54, 1.807) is 46.2 Å². The van der Waals surface area contributed by atoms with E-state index in [0.717, 1.165) is 26.1 Å². The highest BCUT2D eigenvalue weighted by molar-refractivity contribution is 6.18. The van der Waals surface area contributed by atoms with Crippen molar-refractivity contribution < 1.29 is 28.6 Å². The van der Waals surface area contributed by atoms with Crippen LogP contribution in [0.4, 0.5) is 5.69 Å². The van der Waals surface area contributed by atoms with Gasteiger partial charge in [-0.25, -0.2) is 0 Å². The number of ether oxygens (including phenoxy) is 3. The summed E-state index contributed by atoms with van der Waals surface area (Å²) in [6.45, 7) is 2.23. The fourth-order valence-corrected chi connectivity index (χ4v) is 5.17. The summed E-state index contributed by atoms with van der Waals surface area (Å²) in [5, 5.41) is 3.00. The van der Waals surface area contributed by atoms with Gasteiger partial charge < -0.3 is 24.4 Å². The maximum Gasteiger partial charge on any atom is 0.264 e. The molecule has 35 heavy (non-hydrogen) atoms. The highest BCUT2D eigenvalue weighted by Gasteiger charge is 2.49. The van der Waals surface area contributed by atoms with Gasteiger partial charge in [0, 0.05) is 38.3 Å². The lowest BCUT2D eigenvalue weighted by atomic mass is 10.0. The third-order valence-electron chi connectivity index (χ3n) is 6.99. The molecule has 0 bridgehead atoms. The molecule has 3 aliphatic rings. The van der Waals surface area contributed by atoms with E-state index in [0.29, 0.717) is 46.3 Å². The van der Waals surface area contributed by atoms with Crippen molar-refractivity contribution in [1.29, 1.82) is 0 Å². The molecule has 9 nitrogen and oxygen atoms in total. The summed E-state index contributed by atoms with van der Waals surface area (Å²) in [5.74, 6) is 0.589. The Hall–Kier alpha value is -3.59. The molecule has 3 amide bonds. The third-order valence-corrected chi connectivity index (χ3v) is 6.99. The molecule has 0 radical (unpaired) electrons. The predicted molar refractivity (Wildman–Crippen MR) is 128 cm³/mol. The van der Waals surface area contributed by atoms with Crippen molar-refractivity contribution in [2.45, 2.75) is 25.4 Å². The lowest BCUT2D eigenvalue weighted by Crippen LogP contribution is -2.49. The molecular weight excluding hydrogens is 450 g/mol. The van der Waals surface area contributed by atoms with E-state index in [2.05, 4.69) is 5.32 Å². The van der Waals surface area contributed by atoms with Crippen molar-refractivity contribution in [2.75, 3.05) is 45.4 Å². The van der Waals surface area contributed by atoms with Gasteiger partial charge in [0.05, 0.1) is 31.0 Å². The summed E-state index contributed by atoms with van der Waals surface area (Å²) < 4.78 is 16.3.